The van der Waals surface area contributed by atoms with Gasteiger partial charge in [0.25, 0.3) is 0 Å². The highest BCUT2D eigenvalue weighted by molar-refractivity contribution is 5.79. The number of aliphatic hydroxyl groups is 1. The first kappa shape index (κ1) is 12.9. The number of hydrogen-bond acceptors (Lipinski definition) is 4. The number of nitrogens with zero attached hydrogens (tertiary/aromatic N) is 2. The lowest BCUT2D eigenvalue weighted by Gasteiger charge is -2.24. The largest absolute Gasteiger partial charge is 0.395 e. The highest BCUT2D eigenvalue weighted by atomic mass is 16.3. The fraction of sp³-hybridized carbons (Fsp3) is 0.818. The Bertz CT molecular complexity index is 296. The number of nitriles is 1. The lowest BCUT2D eigenvalue weighted by atomic mass is 9.98. The van der Waals surface area contributed by atoms with Crippen LogP contribution in [-0.4, -0.2) is 48.2 Å². The fourth-order valence-electron chi connectivity index (χ4n) is 1.71. The molecule has 16 heavy (non-hydrogen) atoms. The third-order valence-electron chi connectivity index (χ3n) is 2.92. The van der Waals surface area contributed by atoms with Crippen LogP contribution < -0.4 is 5.32 Å². The first-order valence-electron chi connectivity index (χ1n) is 5.53. The Hall–Kier alpha value is -1.12. The molecule has 2 N–H and O–H groups in total. The molecule has 1 saturated carbocycles. The minimum atomic E-state index is -0.725. The first-order valence-corrected chi connectivity index (χ1v) is 5.53. The molecule has 0 aromatic rings. The molecule has 1 aliphatic carbocycles. The van der Waals surface area contributed by atoms with E-state index in [-0.39, 0.29) is 19.1 Å². The van der Waals surface area contributed by atoms with Gasteiger partial charge in [0.2, 0.25) is 5.91 Å². The number of carbonyl (C=O) groups excluding carboxylic acids is 1. The Morgan fingerprint density at radius 2 is 2.31 bits per heavy atom. The van der Waals surface area contributed by atoms with Crippen molar-refractivity contribution in [1.29, 1.82) is 5.26 Å². The van der Waals surface area contributed by atoms with Crippen LogP contribution in [0.3, 0.4) is 0 Å². The molecule has 1 unspecified atom stereocenters. The molecule has 0 saturated heterocycles. The van der Waals surface area contributed by atoms with Crippen LogP contribution in [0.5, 0.6) is 0 Å². The quantitative estimate of drug-likeness (QED) is 0.652. The summed E-state index contributed by atoms with van der Waals surface area (Å²) in [5.74, 6) is 0.136. The van der Waals surface area contributed by atoms with Gasteiger partial charge in [0.1, 0.15) is 5.54 Å². The number of hydrogen-bond donors (Lipinski definition) is 2. The molecule has 1 amide bonds. The summed E-state index contributed by atoms with van der Waals surface area (Å²) in [6, 6.07) is 2.18. The maximum atomic E-state index is 11.6. The molecule has 5 heteroatoms. The molecule has 1 aliphatic rings. The topological polar surface area (TPSA) is 76.4 Å². The highest BCUT2D eigenvalue weighted by Gasteiger charge is 2.42. The van der Waals surface area contributed by atoms with E-state index >= 15 is 0 Å². The molecule has 0 heterocycles. The van der Waals surface area contributed by atoms with Crippen molar-refractivity contribution >= 4 is 5.91 Å². The van der Waals surface area contributed by atoms with Gasteiger partial charge in [-0.25, -0.2) is 0 Å². The molecule has 0 bridgehead atoms. The summed E-state index contributed by atoms with van der Waals surface area (Å²) in [6.07, 6.45) is 2.02. The van der Waals surface area contributed by atoms with Crippen LogP contribution in [0.15, 0.2) is 0 Å². The minimum absolute atomic E-state index is 0.0297. The van der Waals surface area contributed by atoms with Gasteiger partial charge in [-0.15, -0.1) is 0 Å². The molecule has 0 aromatic heterocycles. The molecule has 1 rings (SSSR count). The van der Waals surface area contributed by atoms with E-state index in [1.54, 1.807) is 18.9 Å². The van der Waals surface area contributed by atoms with Crippen molar-refractivity contribution in [2.75, 3.05) is 26.7 Å². The molecular formula is C11H19N3O2. The predicted octanol–water partition coefficient (Wildman–Crippen LogP) is -0.281. The number of nitrogens with one attached hydrogen (secondary N) is 1. The summed E-state index contributed by atoms with van der Waals surface area (Å²) < 4.78 is 0. The average Bonchev–Trinajstić information content (AvgIpc) is 3.00. The third kappa shape index (κ3) is 3.47. The normalized spacial score (nSPS) is 18.9. The van der Waals surface area contributed by atoms with Crippen molar-refractivity contribution in [3.05, 3.63) is 0 Å². The maximum absolute atomic E-state index is 11.6. The molecule has 0 aromatic carbocycles. The summed E-state index contributed by atoms with van der Waals surface area (Å²) in [6.45, 7) is 2.47. The van der Waals surface area contributed by atoms with Gasteiger partial charge in [0.15, 0.2) is 0 Å². The maximum Gasteiger partial charge on any atom is 0.235 e. The summed E-state index contributed by atoms with van der Waals surface area (Å²) in [4.78, 5) is 13.4. The smallest absolute Gasteiger partial charge is 0.235 e. The lowest BCUT2D eigenvalue weighted by Crippen LogP contribution is -2.50. The monoisotopic (exact) mass is 225 g/mol. The fourth-order valence-corrected chi connectivity index (χ4v) is 1.71. The van der Waals surface area contributed by atoms with E-state index in [1.165, 1.54) is 0 Å². The number of rotatable bonds is 6. The van der Waals surface area contributed by atoms with E-state index in [1.807, 2.05) is 0 Å². The molecule has 0 radical (unpaired) electrons. The van der Waals surface area contributed by atoms with Crippen LogP contribution in [0.1, 0.15) is 19.8 Å². The third-order valence-corrected chi connectivity index (χ3v) is 2.92. The number of carbonyl (C=O) groups is 1. The van der Waals surface area contributed by atoms with Gasteiger partial charge in [-0.2, -0.15) is 5.26 Å². The first-order chi connectivity index (χ1) is 7.51. The number of amides is 1. The van der Waals surface area contributed by atoms with Crippen molar-refractivity contribution in [1.82, 2.24) is 10.2 Å². The lowest BCUT2D eigenvalue weighted by molar-refractivity contribution is -0.123. The van der Waals surface area contributed by atoms with Gasteiger partial charge in [-0.05, 0) is 32.7 Å². The zero-order valence-electron chi connectivity index (χ0n) is 9.86. The number of likely N-dealkylation sites (N-methyl/N-ethyl adjacent to an activating group) is 1. The van der Waals surface area contributed by atoms with E-state index < -0.39 is 5.54 Å². The average molecular weight is 225 g/mol. The summed E-state index contributed by atoms with van der Waals surface area (Å²) in [7, 11) is 1.76. The molecule has 0 aliphatic heterocycles. The summed E-state index contributed by atoms with van der Waals surface area (Å²) in [5, 5.41) is 20.5. The van der Waals surface area contributed by atoms with E-state index in [4.69, 9.17) is 10.4 Å². The zero-order chi connectivity index (χ0) is 12.2. The molecule has 1 atom stereocenters. The number of aliphatic hydroxyl groups excluding tert-OH is 1. The van der Waals surface area contributed by atoms with Gasteiger partial charge in [-0.1, -0.05) is 0 Å². The molecule has 5 nitrogen and oxygen atoms in total. The second-order valence-corrected chi connectivity index (χ2v) is 4.60. The Kier molecular flexibility index (Phi) is 4.27. The van der Waals surface area contributed by atoms with Crippen LogP contribution in [0.25, 0.3) is 0 Å². The van der Waals surface area contributed by atoms with Gasteiger partial charge in [0, 0.05) is 6.54 Å². The van der Waals surface area contributed by atoms with Gasteiger partial charge in [0.05, 0.1) is 19.2 Å². The van der Waals surface area contributed by atoms with E-state index in [9.17, 15) is 4.79 Å². The van der Waals surface area contributed by atoms with Gasteiger partial charge < -0.3 is 10.4 Å². The van der Waals surface area contributed by atoms with Crippen molar-refractivity contribution in [3.63, 3.8) is 0 Å². The Balaban J connectivity index is 2.41. The van der Waals surface area contributed by atoms with Crippen molar-refractivity contribution < 1.29 is 9.90 Å². The molecular weight excluding hydrogens is 206 g/mol. The van der Waals surface area contributed by atoms with Crippen LogP contribution >= 0.6 is 0 Å². The van der Waals surface area contributed by atoms with Gasteiger partial charge >= 0.3 is 0 Å². The minimum Gasteiger partial charge on any atom is -0.395 e. The summed E-state index contributed by atoms with van der Waals surface area (Å²) >= 11 is 0. The van der Waals surface area contributed by atoms with E-state index in [0.717, 1.165) is 12.8 Å². The Labute approximate surface area is 96.0 Å². The molecule has 1 fully saturated rings. The predicted molar refractivity (Wildman–Crippen MR) is 59.5 cm³/mol. The summed E-state index contributed by atoms with van der Waals surface area (Å²) in [5.41, 5.74) is -0.725. The SMILES string of the molecule is CN(CCO)CC(=O)NC(C)(C#N)C1CC1. The van der Waals surface area contributed by atoms with Crippen molar-refractivity contribution in [2.24, 2.45) is 5.92 Å². The van der Waals surface area contributed by atoms with Crippen LogP contribution in [-0.2, 0) is 4.79 Å². The highest BCUT2D eigenvalue weighted by Crippen LogP contribution is 2.39. The van der Waals surface area contributed by atoms with Gasteiger partial charge in [-0.3, -0.25) is 9.69 Å². The van der Waals surface area contributed by atoms with E-state index in [0.29, 0.717) is 12.5 Å². The van der Waals surface area contributed by atoms with Crippen molar-refractivity contribution in [2.45, 2.75) is 25.3 Å². The van der Waals surface area contributed by atoms with Crippen molar-refractivity contribution in [3.8, 4) is 6.07 Å². The Morgan fingerprint density at radius 1 is 1.69 bits per heavy atom. The molecule has 90 valence electrons. The zero-order valence-corrected chi connectivity index (χ0v) is 9.86. The van der Waals surface area contributed by atoms with Crippen LogP contribution in [0.4, 0.5) is 0 Å². The van der Waals surface area contributed by atoms with Crippen LogP contribution in [0, 0.1) is 17.2 Å². The standard InChI is InChI=1S/C11H19N3O2/c1-11(8-12,9-3-4-9)13-10(16)7-14(2)5-6-15/h9,15H,3-7H2,1-2H3,(H,13,16). The van der Waals surface area contributed by atoms with E-state index in [2.05, 4.69) is 11.4 Å². The second-order valence-electron chi connectivity index (χ2n) is 4.60. The van der Waals surface area contributed by atoms with Crippen LogP contribution in [0.2, 0.25) is 0 Å². The second kappa shape index (κ2) is 5.28. The molecule has 0 spiro atoms. The Morgan fingerprint density at radius 3 is 2.75 bits per heavy atom.